The van der Waals surface area contributed by atoms with Crippen molar-refractivity contribution >= 4 is 11.9 Å². The number of amides is 1. The van der Waals surface area contributed by atoms with Crippen LogP contribution in [0, 0.1) is 0 Å². The minimum absolute atomic E-state index is 0.0395. The summed E-state index contributed by atoms with van der Waals surface area (Å²) in [5.41, 5.74) is 11.2. The van der Waals surface area contributed by atoms with E-state index in [-0.39, 0.29) is 13.0 Å². The van der Waals surface area contributed by atoms with Crippen molar-refractivity contribution in [3.05, 3.63) is 18.2 Å². The van der Waals surface area contributed by atoms with Crippen LogP contribution in [0.3, 0.4) is 0 Å². The van der Waals surface area contributed by atoms with Gasteiger partial charge in [-0.15, -0.1) is 0 Å². The molecular weight excluding hydrogens is 226 g/mol. The van der Waals surface area contributed by atoms with Crippen LogP contribution in [0.4, 0.5) is 0 Å². The highest BCUT2D eigenvalue weighted by Gasteiger charge is 2.23. The maximum Gasteiger partial charge on any atom is 0.326 e. The molecule has 8 heteroatoms. The molecule has 2 atom stereocenters. The second-order valence-corrected chi connectivity index (χ2v) is 3.52. The molecule has 1 heterocycles. The van der Waals surface area contributed by atoms with Crippen LogP contribution in [0.15, 0.2) is 12.5 Å². The maximum absolute atomic E-state index is 11.4. The van der Waals surface area contributed by atoms with E-state index in [0.717, 1.165) is 0 Å². The number of carboxylic acid groups (broad SMARTS) is 1. The SMILES string of the molecule is NC[C@H](N)C(=O)N[C@@H](Cc1cnc[nH]1)C(=O)O. The van der Waals surface area contributed by atoms with Crippen molar-refractivity contribution in [2.75, 3.05) is 6.54 Å². The molecule has 94 valence electrons. The maximum atomic E-state index is 11.4. The molecule has 0 unspecified atom stereocenters. The molecule has 0 aliphatic heterocycles. The van der Waals surface area contributed by atoms with Gasteiger partial charge in [0.2, 0.25) is 5.91 Å². The zero-order chi connectivity index (χ0) is 12.8. The summed E-state index contributed by atoms with van der Waals surface area (Å²) in [7, 11) is 0. The number of rotatable bonds is 6. The second-order valence-electron chi connectivity index (χ2n) is 3.52. The first kappa shape index (κ1) is 13.1. The highest BCUT2D eigenvalue weighted by Crippen LogP contribution is 1.99. The van der Waals surface area contributed by atoms with Crippen LogP contribution in [0.25, 0.3) is 0 Å². The third-order valence-electron chi connectivity index (χ3n) is 2.18. The van der Waals surface area contributed by atoms with Crippen LogP contribution >= 0.6 is 0 Å². The van der Waals surface area contributed by atoms with Gasteiger partial charge in [-0.1, -0.05) is 0 Å². The quantitative estimate of drug-likeness (QED) is 0.382. The summed E-state index contributed by atoms with van der Waals surface area (Å²) >= 11 is 0. The average Bonchev–Trinajstić information content (AvgIpc) is 2.79. The van der Waals surface area contributed by atoms with Gasteiger partial charge in [-0.05, 0) is 0 Å². The zero-order valence-corrected chi connectivity index (χ0v) is 9.09. The van der Waals surface area contributed by atoms with Gasteiger partial charge < -0.3 is 26.9 Å². The van der Waals surface area contributed by atoms with Crippen molar-refractivity contribution < 1.29 is 14.7 Å². The molecular formula is C9H15N5O3. The fourth-order valence-corrected chi connectivity index (χ4v) is 1.20. The molecule has 1 rings (SSSR count). The molecule has 0 spiro atoms. The monoisotopic (exact) mass is 241 g/mol. The number of carbonyl (C=O) groups is 2. The summed E-state index contributed by atoms with van der Waals surface area (Å²) in [5.74, 6) is -1.73. The predicted molar refractivity (Wildman–Crippen MR) is 58.9 cm³/mol. The molecule has 0 fully saturated rings. The van der Waals surface area contributed by atoms with Crippen molar-refractivity contribution in [2.24, 2.45) is 11.5 Å². The van der Waals surface area contributed by atoms with Crippen LogP contribution in [-0.2, 0) is 16.0 Å². The van der Waals surface area contributed by atoms with Gasteiger partial charge >= 0.3 is 5.97 Å². The predicted octanol–water partition coefficient (Wildman–Crippen LogP) is -2.19. The Kier molecular flexibility index (Phi) is 4.61. The number of nitrogens with one attached hydrogen (secondary N) is 2. The summed E-state index contributed by atoms with van der Waals surface area (Å²) < 4.78 is 0. The van der Waals surface area contributed by atoms with Crippen molar-refractivity contribution in [1.29, 1.82) is 0 Å². The largest absolute Gasteiger partial charge is 0.480 e. The van der Waals surface area contributed by atoms with Gasteiger partial charge in [-0.3, -0.25) is 4.79 Å². The van der Waals surface area contributed by atoms with Crippen molar-refractivity contribution in [3.63, 3.8) is 0 Å². The van der Waals surface area contributed by atoms with Crippen LogP contribution < -0.4 is 16.8 Å². The van der Waals surface area contributed by atoms with Crippen molar-refractivity contribution in [3.8, 4) is 0 Å². The van der Waals surface area contributed by atoms with E-state index in [0.29, 0.717) is 5.69 Å². The topological polar surface area (TPSA) is 147 Å². The van der Waals surface area contributed by atoms with E-state index in [1.165, 1.54) is 12.5 Å². The normalized spacial score (nSPS) is 14.0. The Morgan fingerprint density at radius 2 is 2.29 bits per heavy atom. The van der Waals surface area contributed by atoms with Crippen LogP contribution in [0.1, 0.15) is 5.69 Å². The Morgan fingerprint density at radius 1 is 1.59 bits per heavy atom. The molecule has 1 aromatic rings. The number of carbonyl (C=O) groups excluding carboxylic acids is 1. The molecule has 17 heavy (non-hydrogen) atoms. The number of nitrogens with two attached hydrogens (primary N) is 2. The van der Waals surface area contributed by atoms with Crippen LogP contribution in [-0.4, -0.2) is 45.6 Å². The molecule has 1 amide bonds. The van der Waals surface area contributed by atoms with E-state index in [9.17, 15) is 9.59 Å². The van der Waals surface area contributed by atoms with Crippen LogP contribution in [0.2, 0.25) is 0 Å². The summed E-state index contributed by atoms with van der Waals surface area (Å²) in [4.78, 5) is 28.9. The number of aromatic amines is 1. The summed E-state index contributed by atoms with van der Waals surface area (Å²) in [6, 6.07) is -1.96. The average molecular weight is 241 g/mol. The number of H-pyrrole nitrogens is 1. The third kappa shape index (κ3) is 3.85. The van der Waals surface area contributed by atoms with Gasteiger partial charge in [-0.2, -0.15) is 0 Å². The number of hydrogen-bond donors (Lipinski definition) is 5. The van der Waals surface area contributed by atoms with Gasteiger partial charge in [0.25, 0.3) is 0 Å². The molecule has 0 aliphatic rings. The van der Waals surface area contributed by atoms with E-state index in [1.54, 1.807) is 0 Å². The Balaban J connectivity index is 2.61. The lowest BCUT2D eigenvalue weighted by Crippen LogP contribution is -2.51. The Morgan fingerprint density at radius 3 is 2.76 bits per heavy atom. The van der Waals surface area contributed by atoms with E-state index >= 15 is 0 Å². The Hall–Kier alpha value is -1.93. The fraction of sp³-hybridized carbons (Fsp3) is 0.444. The molecule has 0 saturated heterocycles. The Labute approximate surface area is 97.4 Å². The number of imidazole rings is 1. The lowest BCUT2D eigenvalue weighted by atomic mass is 10.1. The molecule has 0 saturated carbocycles. The van der Waals surface area contributed by atoms with E-state index < -0.39 is 24.0 Å². The number of carboxylic acids is 1. The summed E-state index contributed by atoms with van der Waals surface area (Å²) in [6.07, 6.45) is 3.03. The van der Waals surface area contributed by atoms with Gasteiger partial charge in [0.1, 0.15) is 6.04 Å². The second kappa shape index (κ2) is 5.97. The molecule has 8 nitrogen and oxygen atoms in total. The fourth-order valence-electron chi connectivity index (χ4n) is 1.20. The smallest absolute Gasteiger partial charge is 0.326 e. The summed E-state index contributed by atoms with van der Waals surface area (Å²) in [6.45, 7) is -0.0395. The molecule has 7 N–H and O–H groups in total. The number of aliphatic carboxylic acids is 1. The molecule has 0 aliphatic carbocycles. The zero-order valence-electron chi connectivity index (χ0n) is 9.09. The highest BCUT2D eigenvalue weighted by molar-refractivity contribution is 5.87. The van der Waals surface area contributed by atoms with Gasteiger partial charge in [0.15, 0.2) is 0 Å². The van der Waals surface area contributed by atoms with E-state index in [1.807, 2.05) is 0 Å². The minimum Gasteiger partial charge on any atom is -0.480 e. The molecule has 0 radical (unpaired) electrons. The molecule has 1 aromatic heterocycles. The molecule has 0 aromatic carbocycles. The van der Waals surface area contributed by atoms with Crippen LogP contribution in [0.5, 0.6) is 0 Å². The minimum atomic E-state index is -1.14. The van der Waals surface area contributed by atoms with Gasteiger partial charge in [0, 0.05) is 24.9 Å². The Bertz CT molecular complexity index is 378. The van der Waals surface area contributed by atoms with Gasteiger partial charge in [0.05, 0.1) is 12.4 Å². The third-order valence-corrected chi connectivity index (χ3v) is 2.18. The first-order valence-corrected chi connectivity index (χ1v) is 5.00. The van der Waals surface area contributed by atoms with Crippen molar-refractivity contribution in [2.45, 2.75) is 18.5 Å². The number of aromatic nitrogens is 2. The number of nitrogens with zero attached hydrogens (tertiary/aromatic N) is 1. The first-order valence-electron chi connectivity index (χ1n) is 5.00. The molecule has 0 bridgehead atoms. The standard InChI is InChI=1S/C9H15N5O3/c10-2-6(11)8(15)14-7(9(16)17)1-5-3-12-4-13-5/h3-4,6-7H,1-2,10-11H2,(H,12,13)(H,14,15)(H,16,17)/t6-,7-/m0/s1. The van der Waals surface area contributed by atoms with E-state index in [2.05, 4.69) is 15.3 Å². The highest BCUT2D eigenvalue weighted by atomic mass is 16.4. The first-order chi connectivity index (χ1) is 8.04. The lowest BCUT2D eigenvalue weighted by Gasteiger charge is -2.16. The lowest BCUT2D eigenvalue weighted by molar-refractivity contribution is -0.141. The van der Waals surface area contributed by atoms with Gasteiger partial charge in [-0.25, -0.2) is 9.78 Å². The number of hydrogen-bond acceptors (Lipinski definition) is 5. The van der Waals surface area contributed by atoms with E-state index in [4.69, 9.17) is 16.6 Å². The summed E-state index contributed by atoms with van der Waals surface area (Å²) in [5, 5.41) is 11.3. The van der Waals surface area contributed by atoms with Crippen molar-refractivity contribution in [1.82, 2.24) is 15.3 Å².